The molecule has 4 rings (SSSR count). The second-order valence-corrected chi connectivity index (χ2v) is 8.65. The lowest BCUT2D eigenvalue weighted by Gasteiger charge is -2.30. The lowest BCUT2D eigenvalue weighted by molar-refractivity contribution is -0.131. The molecule has 4 heteroatoms. The van der Waals surface area contributed by atoms with E-state index in [2.05, 4.69) is 41.0 Å². The summed E-state index contributed by atoms with van der Waals surface area (Å²) >= 11 is 0. The normalized spacial score (nSPS) is 29.0. The van der Waals surface area contributed by atoms with Gasteiger partial charge < -0.3 is 14.5 Å². The molecule has 1 amide bonds. The Bertz CT molecular complexity index is 636. The van der Waals surface area contributed by atoms with E-state index >= 15 is 0 Å². The maximum absolute atomic E-state index is 13.0. The number of likely N-dealkylation sites (tertiary alicyclic amines) is 2. The number of fused-ring (bicyclic) bond motifs is 1. The molecule has 26 heavy (non-hydrogen) atoms. The van der Waals surface area contributed by atoms with Crippen LogP contribution in [0.1, 0.15) is 30.9 Å². The first-order valence-corrected chi connectivity index (χ1v) is 10.2. The Labute approximate surface area is 157 Å². The minimum absolute atomic E-state index is 0.250. The Kier molecular flexibility index (Phi) is 5.07. The summed E-state index contributed by atoms with van der Waals surface area (Å²) in [5.41, 5.74) is 3.14. The van der Waals surface area contributed by atoms with Crippen LogP contribution in [-0.4, -0.2) is 62.1 Å². The highest BCUT2D eigenvalue weighted by Gasteiger charge is 2.50. The molecule has 2 saturated heterocycles. The SMILES string of the molecule is CCN1C[C@@H](COC)[C@]2(CCN(C(=O)CC3Cc4ccccc4C3)C2)C1. The number of methoxy groups -OCH3 is 1. The van der Waals surface area contributed by atoms with Crippen LogP contribution in [0.15, 0.2) is 24.3 Å². The van der Waals surface area contributed by atoms with E-state index in [1.807, 2.05) is 0 Å². The smallest absolute Gasteiger partial charge is 0.222 e. The molecule has 0 aromatic heterocycles. The Balaban J connectivity index is 1.37. The number of carbonyl (C=O) groups is 1. The molecule has 0 bridgehead atoms. The molecule has 1 aliphatic carbocycles. The van der Waals surface area contributed by atoms with Gasteiger partial charge in [0.25, 0.3) is 0 Å². The van der Waals surface area contributed by atoms with Gasteiger partial charge in [-0.2, -0.15) is 0 Å². The summed E-state index contributed by atoms with van der Waals surface area (Å²) in [6.45, 7) is 8.23. The van der Waals surface area contributed by atoms with E-state index in [4.69, 9.17) is 4.74 Å². The molecule has 1 aromatic carbocycles. The number of nitrogens with zero attached hydrogens (tertiary/aromatic N) is 2. The molecule has 0 unspecified atom stereocenters. The van der Waals surface area contributed by atoms with Gasteiger partial charge in [-0.3, -0.25) is 4.79 Å². The van der Waals surface area contributed by atoms with Gasteiger partial charge in [-0.05, 0) is 42.9 Å². The van der Waals surface area contributed by atoms with Crippen LogP contribution in [-0.2, 0) is 22.4 Å². The fourth-order valence-electron chi connectivity index (χ4n) is 5.56. The fourth-order valence-corrected chi connectivity index (χ4v) is 5.56. The molecular weight excluding hydrogens is 324 g/mol. The van der Waals surface area contributed by atoms with Crippen LogP contribution in [0.2, 0.25) is 0 Å². The third kappa shape index (κ3) is 3.29. The van der Waals surface area contributed by atoms with Crippen molar-refractivity contribution in [3.8, 4) is 0 Å². The van der Waals surface area contributed by atoms with Gasteiger partial charge in [0.2, 0.25) is 5.91 Å². The zero-order valence-corrected chi connectivity index (χ0v) is 16.2. The summed E-state index contributed by atoms with van der Waals surface area (Å²) in [7, 11) is 1.80. The summed E-state index contributed by atoms with van der Waals surface area (Å²) in [5, 5.41) is 0. The fraction of sp³-hybridized carbons (Fsp3) is 0.682. The van der Waals surface area contributed by atoms with Crippen LogP contribution in [0.25, 0.3) is 0 Å². The first-order chi connectivity index (χ1) is 12.6. The van der Waals surface area contributed by atoms with E-state index in [-0.39, 0.29) is 5.41 Å². The van der Waals surface area contributed by atoms with Crippen molar-refractivity contribution in [1.82, 2.24) is 9.80 Å². The predicted molar refractivity (Wildman–Crippen MR) is 103 cm³/mol. The Morgan fingerprint density at radius 2 is 1.96 bits per heavy atom. The largest absolute Gasteiger partial charge is 0.384 e. The van der Waals surface area contributed by atoms with Gasteiger partial charge in [0.05, 0.1) is 6.61 Å². The van der Waals surface area contributed by atoms with E-state index in [1.165, 1.54) is 11.1 Å². The van der Waals surface area contributed by atoms with Crippen molar-refractivity contribution in [1.29, 1.82) is 0 Å². The number of benzene rings is 1. The van der Waals surface area contributed by atoms with E-state index in [1.54, 1.807) is 7.11 Å². The first kappa shape index (κ1) is 18.0. The molecule has 0 saturated carbocycles. The highest BCUT2D eigenvalue weighted by molar-refractivity contribution is 5.77. The summed E-state index contributed by atoms with van der Waals surface area (Å²) in [5.74, 6) is 1.41. The Hall–Kier alpha value is -1.39. The number of carbonyl (C=O) groups excluding carboxylic acids is 1. The van der Waals surface area contributed by atoms with Crippen LogP contribution in [0, 0.1) is 17.3 Å². The number of hydrogen-bond acceptors (Lipinski definition) is 3. The molecule has 4 nitrogen and oxygen atoms in total. The molecule has 2 heterocycles. The van der Waals surface area contributed by atoms with Gasteiger partial charge in [-0.1, -0.05) is 31.2 Å². The summed E-state index contributed by atoms with van der Waals surface area (Å²) in [6.07, 6.45) is 3.97. The molecule has 142 valence electrons. The standard InChI is InChI=1S/C22H32N2O2/c1-3-23-13-20(14-26-2)22(15-23)8-9-24(16-22)21(25)12-17-10-18-6-4-5-7-19(18)11-17/h4-7,17,20H,3,8-16H2,1-2H3/t20-,22+/m0/s1. The van der Waals surface area contributed by atoms with Gasteiger partial charge >= 0.3 is 0 Å². The van der Waals surface area contributed by atoms with E-state index in [0.29, 0.717) is 24.2 Å². The zero-order chi connectivity index (χ0) is 18.1. The third-order valence-corrected chi connectivity index (χ3v) is 7.04. The maximum atomic E-state index is 13.0. The number of ether oxygens (including phenoxy) is 1. The van der Waals surface area contributed by atoms with Crippen molar-refractivity contribution < 1.29 is 9.53 Å². The average molecular weight is 357 g/mol. The summed E-state index contributed by atoms with van der Waals surface area (Å²) in [6, 6.07) is 8.67. The third-order valence-electron chi connectivity index (χ3n) is 7.04. The van der Waals surface area contributed by atoms with E-state index in [9.17, 15) is 4.79 Å². The number of hydrogen-bond donors (Lipinski definition) is 0. The van der Waals surface area contributed by atoms with Crippen LogP contribution >= 0.6 is 0 Å². The van der Waals surface area contributed by atoms with Gasteiger partial charge in [0, 0.05) is 51.0 Å². The van der Waals surface area contributed by atoms with Crippen LogP contribution < -0.4 is 0 Å². The molecule has 0 radical (unpaired) electrons. The minimum Gasteiger partial charge on any atom is -0.384 e. The van der Waals surface area contributed by atoms with E-state index in [0.717, 1.165) is 58.6 Å². The van der Waals surface area contributed by atoms with Gasteiger partial charge in [-0.15, -0.1) is 0 Å². The highest BCUT2D eigenvalue weighted by Crippen LogP contribution is 2.44. The van der Waals surface area contributed by atoms with Crippen molar-refractivity contribution >= 4 is 5.91 Å². The lowest BCUT2D eigenvalue weighted by Crippen LogP contribution is -2.38. The second kappa shape index (κ2) is 7.32. The van der Waals surface area contributed by atoms with Crippen LogP contribution in [0.4, 0.5) is 0 Å². The first-order valence-electron chi connectivity index (χ1n) is 10.2. The molecule has 3 aliphatic rings. The van der Waals surface area contributed by atoms with Crippen molar-refractivity contribution in [3.05, 3.63) is 35.4 Å². The lowest BCUT2D eigenvalue weighted by atomic mass is 9.77. The summed E-state index contributed by atoms with van der Waals surface area (Å²) in [4.78, 5) is 17.7. The molecule has 2 atom stereocenters. The highest BCUT2D eigenvalue weighted by atomic mass is 16.5. The molecule has 0 N–H and O–H groups in total. The minimum atomic E-state index is 0.250. The molecular formula is C22H32N2O2. The maximum Gasteiger partial charge on any atom is 0.222 e. The van der Waals surface area contributed by atoms with Gasteiger partial charge in [0.15, 0.2) is 0 Å². The van der Waals surface area contributed by atoms with Crippen LogP contribution in [0.5, 0.6) is 0 Å². The van der Waals surface area contributed by atoms with Crippen molar-refractivity contribution in [3.63, 3.8) is 0 Å². The summed E-state index contributed by atoms with van der Waals surface area (Å²) < 4.78 is 5.51. The Morgan fingerprint density at radius 3 is 2.62 bits per heavy atom. The zero-order valence-electron chi connectivity index (χ0n) is 16.2. The van der Waals surface area contributed by atoms with Gasteiger partial charge in [-0.25, -0.2) is 0 Å². The Morgan fingerprint density at radius 1 is 1.23 bits per heavy atom. The topological polar surface area (TPSA) is 32.8 Å². The predicted octanol–water partition coefficient (Wildman–Crippen LogP) is 2.61. The average Bonchev–Trinajstić information content (AvgIpc) is 3.33. The second-order valence-electron chi connectivity index (χ2n) is 8.65. The number of amides is 1. The molecule has 2 aliphatic heterocycles. The number of rotatable bonds is 5. The van der Waals surface area contributed by atoms with Crippen molar-refractivity contribution in [2.24, 2.45) is 17.3 Å². The van der Waals surface area contributed by atoms with Gasteiger partial charge in [0.1, 0.15) is 0 Å². The van der Waals surface area contributed by atoms with Crippen LogP contribution in [0.3, 0.4) is 0 Å². The van der Waals surface area contributed by atoms with Crippen molar-refractivity contribution in [2.75, 3.05) is 46.4 Å². The molecule has 1 spiro atoms. The van der Waals surface area contributed by atoms with E-state index < -0.39 is 0 Å². The van der Waals surface area contributed by atoms with Crippen molar-refractivity contribution in [2.45, 2.75) is 32.6 Å². The monoisotopic (exact) mass is 356 g/mol. The molecule has 1 aromatic rings. The quantitative estimate of drug-likeness (QED) is 0.813. The molecule has 2 fully saturated rings.